The molecule has 0 spiro atoms. The molecule has 0 fully saturated rings. The van der Waals surface area contributed by atoms with E-state index in [2.05, 4.69) is 10.5 Å². The van der Waals surface area contributed by atoms with Crippen molar-refractivity contribution in [3.63, 3.8) is 0 Å². The minimum absolute atomic E-state index is 0.0162. The van der Waals surface area contributed by atoms with Crippen LogP contribution in [-0.4, -0.2) is 49.1 Å². The SMILES string of the molecule is COCC(CCO)NC(=O)COc1cc(C)on1. The van der Waals surface area contributed by atoms with Gasteiger partial charge in [-0.15, -0.1) is 0 Å². The van der Waals surface area contributed by atoms with Crippen LogP contribution in [0.3, 0.4) is 0 Å². The first kappa shape index (κ1) is 14.5. The van der Waals surface area contributed by atoms with E-state index in [9.17, 15) is 4.79 Å². The highest BCUT2D eigenvalue weighted by Gasteiger charge is 2.12. The first-order chi connectivity index (χ1) is 8.65. The lowest BCUT2D eigenvalue weighted by molar-refractivity contribution is -0.124. The zero-order chi connectivity index (χ0) is 13.4. The van der Waals surface area contributed by atoms with E-state index in [0.717, 1.165) is 0 Å². The van der Waals surface area contributed by atoms with Gasteiger partial charge in [-0.1, -0.05) is 0 Å². The molecule has 1 atom stereocenters. The summed E-state index contributed by atoms with van der Waals surface area (Å²) in [5.74, 6) is 0.585. The number of ether oxygens (including phenoxy) is 2. The molecule has 1 heterocycles. The van der Waals surface area contributed by atoms with Crippen molar-refractivity contribution in [1.82, 2.24) is 10.5 Å². The maximum Gasteiger partial charge on any atom is 0.258 e. The number of methoxy groups -OCH3 is 1. The van der Waals surface area contributed by atoms with Gasteiger partial charge in [0.25, 0.3) is 11.8 Å². The lowest BCUT2D eigenvalue weighted by Gasteiger charge is -2.16. The van der Waals surface area contributed by atoms with Gasteiger partial charge < -0.3 is 24.4 Å². The molecule has 0 aliphatic heterocycles. The molecule has 0 saturated carbocycles. The zero-order valence-electron chi connectivity index (χ0n) is 10.5. The number of aliphatic hydroxyl groups is 1. The van der Waals surface area contributed by atoms with E-state index < -0.39 is 0 Å². The number of aliphatic hydroxyl groups excluding tert-OH is 1. The maximum atomic E-state index is 11.6. The summed E-state index contributed by atoms with van der Waals surface area (Å²) in [5, 5.41) is 15.1. The quantitative estimate of drug-likeness (QED) is 0.675. The molecule has 0 aromatic carbocycles. The molecule has 102 valence electrons. The van der Waals surface area contributed by atoms with Crippen LogP contribution in [0.2, 0.25) is 0 Å². The number of carbonyl (C=O) groups is 1. The van der Waals surface area contributed by atoms with Crippen molar-refractivity contribution in [2.45, 2.75) is 19.4 Å². The molecular formula is C11H18N2O5. The van der Waals surface area contributed by atoms with Crippen LogP contribution in [0.5, 0.6) is 5.88 Å². The van der Waals surface area contributed by atoms with Crippen LogP contribution in [0.4, 0.5) is 0 Å². The third kappa shape index (κ3) is 5.15. The van der Waals surface area contributed by atoms with Crippen LogP contribution >= 0.6 is 0 Å². The van der Waals surface area contributed by atoms with Crippen LogP contribution in [0.1, 0.15) is 12.2 Å². The summed E-state index contributed by atoms with van der Waals surface area (Å²) in [7, 11) is 1.53. The summed E-state index contributed by atoms with van der Waals surface area (Å²) in [6.07, 6.45) is 0.433. The van der Waals surface area contributed by atoms with Gasteiger partial charge in [0.1, 0.15) is 5.76 Å². The topological polar surface area (TPSA) is 93.8 Å². The summed E-state index contributed by atoms with van der Waals surface area (Å²) in [6.45, 7) is 1.90. The Balaban J connectivity index is 2.31. The molecule has 0 aliphatic rings. The molecule has 7 nitrogen and oxygen atoms in total. The molecule has 1 rings (SSSR count). The molecule has 7 heteroatoms. The van der Waals surface area contributed by atoms with Gasteiger partial charge in [0.05, 0.1) is 12.6 Å². The van der Waals surface area contributed by atoms with E-state index in [4.69, 9.17) is 19.1 Å². The molecule has 2 N–H and O–H groups in total. The van der Waals surface area contributed by atoms with Crippen molar-refractivity contribution in [2.24, 2.45) is 0 Å². The Hall–Kier alpha value is -1.60. The van der Waals surface area contributed by atoms with Gasteiger partial charge in [0, 0.05) is 19.8 Å². The fourth-order valence-electron chi connectivity index (χ4n) is 1.37. The van der Waals surface area contributed by atoms with Crippen molar-refractivity contribution in [1.29, 1.82) is 0 Å². The fraction of sp³-hybridized carbons (Fsp3) is 0.636. The summed E-state index contributed by atoms with van der Waals surface area (Å²) in [6, 6.07) is 1.36. The number of aromatic nitrogens is 1. The maximum absolute atomic E-state index is 11.6. The number of nitrogens with one attached hydrogen (secondary N) is 1. The van der Waals surface area contributed by atoms with Crippen molar-refractivity contribution < 1.29 is 23.9 Å². The smallest absolute Gasteiger partial charge is 0.258 e. The van der Waals surface area contributed by atoms with Crippen LogP contribution in [0, 0.1) is 6.92 Å². The standard InChI is InChI=1S/C11H18N2O5/c1-8-5-11(13-18-8)17-7-10(15)12-9(3-4-14)6-16-2/h5,9,14H,3-4,6-7H2,1-2H3,(H,12,15). The molecule has 1 unspecified atom stereocenters. The van der Waals surface area contributed by atoms with Gasteiger partial charge in [0.2, 0.25) is 0 Å². The second kappa shape index (κ2) is 7.67. The number of nitrogens with zero attached hydrogens (tertiary/aromatic N) is 1. The van der Waals surface area contributed by atoms with E-state index >= 15 is 0 Å². The van der Waals surface area contributed by atoms with Crippen LogP contribution < -0.4 is 10.1 Å². The number of aryl methyl sites for hydroxylation is 1. The fourth-order valence-corrected chi connectivity index (χ4v) is 1.37. The average molecular weight is 258 g/mol. The second-order valence-electron chi connectivity index (χ2n) is 3.80. The third-order valence-electron chi connectivity index (χ3n) is 2.17. The van der Waals surface area contributed by atoms with Crippen molar-refractivity contribution in [3.8, 4) is 5.88 Å². The lowest BCUT2D eigenvalue weighted by atomic mass is 10.2. The van der Waals surface area contributed by atoms with E-state index in [1.165, 1.54) is 7.11 Å². The number of amides is 1. The molecule has 1 aromatic rings. The van der Waals surface area contributed by atoms with Crippen molar-refractivity contribution in [3.05, 3.63) is 11.8 Å². The first-order valence-electron chi connectivity index (χ1n) is 5.61. The number of rotatable bonds is 8. The molecule has 0 aliphatic carbocycles. The van der Waals surface area contributed by atoms with E-state index in [0.29, 0.717) is 18.8 Å². The monoisotopic (exact) mass is 258 g/mol. The van der Waals surface area contributed by atoms with E-state index in [-0.39, 0.29) is 31.0 Å². The van der Waals surface area contributed by atoms with Crippen LogP contribution in [-0.2, 0) is 9.53 Å². The summed E-state index contributed by atoms with van der Waals surface area (Å²) in [5.41, 5.74) is 0. The average Bonchev–Trinajstić information content (AvgIpc) is 2.73. The Kier molecular flexibility index (Phi) is 6.16. The van der Waals surface area contributed by atoms with Gasteiger partial charge >= 0.3 is 0 Å². The van der Waals surface area contributed by atoms with Crippen molar-refractivity contribution in [2.75, 3.05) is 26.9 Å². The van der Waals surface area contributed by atoms with E-state index in [1.807, 2.05) is 0 Å². The highest BCUT2D eigenvalue weighted by Crippen LogP contribution is 2.09. The van der Waals surface area contributed by atoms with Gasteiger partial charge in [0.15, 0.2) is 6.61 Å². The number of carbonyl (C=O) groups excluding carboxylic acids is 1. The molecule has 0 bridgehead atoms. The highest BCUT2D eigenvalue weighted by molar-refractivity contribution is 5.77. The number of hydrogen-bond donors (Lipinski definition) is 2. The highest BCUT2D eigenvalue weighted by atomic mass is 16.5. The Bertz CT molecular complexity index is 360. The first-order valence-corrected chi connectivity index (χ1v) is 5.61. The van der Waals surface area contributed by atoms with Crippen LogP contribution in [0.15, 0.2) is 10.6 Å². The van der Waals surface area contributed by atoms with Crippen LogP contribution in [0.25, 0.3) is 0 Å². The Labute approximate surface area is 105 Å². The lowest BCUT2D eigenvalue weighted by Crippen LogP contribution is -2.41. The van der Waals surface area contributed by atoms with E-state index in [1.54, 1.807) is 13.0 Å². The molecular weight excluding hydrogens is 240 g/mol. The molecule has 0 saturated heterocycles. The zero-order valence-corrected chi connectivity index (χ0v) is 10.5. The largest absolute Gasteiger partial charge is 0.465 e. The number of hydrogen-bond acceptors (Lipinski definition) is 6. The molecule has 18 heavy (non-hydrogen) atoms. The summed E-state index contributed by atoms with van der Waals surface area (Å²) >= 11 is 0. The Morgan fingerprint density at radius 2 is 2.44 bits per heavy atom. The predicted octanol–water partition coefficient (Wildman–Crippen LogP) is -0.125. The Morgan fingerprint density at radius 1 is 1.67 bits per heavy atom. The van der Waals surface area contributed by atoms with Gasteiger partial charge in [-0.25, -0.2) is 0 Å². The van der Waals surface area contributed by atoms with Gasteiger partial charge in [-0.05, 0) is 18.5 Å². The Morgan fingerprint density at radius 3 is 3.00 bits per heavy atom. The second-order valence-corrected chi connectivity index (χ2v) is 3.80. The molecule has 1 aromatic heterocycles. The molecule has 1 amide bonds. The van der Waals surface area contributed by atoms with Crippen molar-refractivity contribution >= 4 is 5.91 Å². The summed E-state index contributed by atoms with van der Waals surface area (Å²) < 4.78 is 14.9. The van der Waals surface area contributed by atoms with Gasteiger partial charge in [-0.2, -0.15) is 0 Å². The summed E-state index contributed by atoms with van der Waals surface area (Å²) in [4.78, 5) is 11.6. The minimum atomic E-state index is -0.300. The third-order valence-corrected chi connectivity index (χ3v) is 2.17. The normalized spacial score (nSPS) is 12.2. The molecule has 0 radical (unpaired) electrons. The minimum Gasteiger partial charge on any atom is -0.465 e. The van der Waals surface area contributed by atoms with Gasteiger partial charge in [-0.3, -0.25) is 4.79 Å². The predicted molar refractivity (Wildman–Crippen MR) is 62.2 cm³/mol.